The highest BCUT2D eigenvalue weighted by molar-refractivity contribution is 6.04. The minimum absolute atomic E-state index is 0.526. The first-order chi connectivity index (χ1) is 10.2. The van der Waals surface area contributed by atoms with Gasteiger partial charge in [-0.2, -0.15) is 0 Å². The number of benzene rings is 1. The molecular weight excluding hydrogens is 307 g/mol. The van der Waals surface area contributed by atoms with Gasteiger partial charge in [-0.1, -0.05) is 0 Å². The van der Waals surface area contributed by atoms with Crippen LogP contribution in [0.15, 0.2) is 6.07 Å². The van der Waals surface area contributed by atoms with Gasteiger partial charge in [-0.15, -0.1) is 0 Å². The molecule has 0 aliphatic carbocycles. The molecule has 1 aromatic carbocycles. The molecule has 2 N–H and O–H groups in total. The largest absolute Gasteiger partial charge is 0.504 e. The summed E-state index contributed by atoms with van der Waals surface area (Å²) in [6.45, 7) is 9.47. The Hall–Kier alpha value is -2.31. The van der Waals surface area contributed by atoms with E-state index >= 15 is 0 Å². The number of hydrogen-bond acceptors (Lipinski definition) is 6. The average molecular weight is 328 g/mol. The summed E-state index contributed by atoms with van der Waals surface area (Å²) < 4.78 is 24.4. The van der Waals surface area contributed by atoms with Crippen molar-refractivity contribution in [3.63, 3.8) is 0 Å². The van der Waals surface area contributed by atoms with Crippen LogP contribution in [0.3, 0.4) is 0 Å². The van der Waals surface area contributed by atoms with E-state index in [1.54, 1.807) is 41.5 Å². The van der Waals surface area contributed by atoms with Crippen LogP contribution in [0.5, 0.6) is 11.5 Å². The Morgan fingerprint density at radius 3 is 1.83 bits per heavy atom. The van der Waals surface area contributed by atoms with Crippen molar-refractivity contribution in [1.29, 1.82) is 0 Å². The highest BCUT2D eigenvalue weighted by Crippen LogP contribution is 2.34. The molecule has 128 valence electrons. The first kappa shape index (κ1) is 18.7. The minimum atomic E-state index is -1.44. The predicted octanol–water partition coefficient (Wildman–Crippen LogP) is 3.15. The molecule has 7 heteroatoms. The Balaban J connectivity index is 3.45. The molecule has 23 heavy (non-hydrogen) atoms. The molecule has 0 aromatic heterocycles. The van der Waals surface area contributed by atoms with Gasteiger partial charge in [0.15, 0.2) is 17.3 Å². The highest BCUT2D eigenvalue weighted by atomic mass is 19.1. The van der Waals surface area contributed by atoms with Gasteiger partial charge >= 0.3 is 11.9 Å². The molecule has 1 aromatic rings. The number of aromatic hydroxyl groups is 2. The maximum atomic E-state index is 14.2. The number of halogens is 1. The molecule has 0 atom stereocenters. The number of carbonyl (C=O) groups is 2. The predicted molar refractivity (Wildman–Crippen MR) is 80.1 cm³/mol. The summed E-state index contributed by atoms with van der Waals surface area (Å²) in [7, 11) is 0. The normalized spacial score (nSPS) is 12.0. The molecule has 0 aliphatic rings. The van der Waals surface area contributed by atoms with Crippen molar-refractivity contribution < 1.29 is 33.7 Å². The van der Waals surface area contributed by atoms with Crippen molar-refractivity contribution in [2.24, 2.45) is 0 Å². The number of carbonyl (C=O) groups excluding carboxylic acids is 2. The maximum absolute atomic E-state index is 14.2. The van der Waals surface area contributed by atoms with Gasteiger partial charge in [0.05, 0.1) is 5.56 Å². The van der Waals surface area contributed by atoms with E-state index in [1.165, 1.54) is 0 Å². The van der Waals surface area contributed by atoms with E-state index in [2.05, 4.69) is 0 Å². The van der Waals surface area contributed by atoms with Crippen LogP contribution >= 0.6 is 0 Å². The lowest BCUT2D eigenvalue weighted by Gasteiger charge is -2.23. The second-order valence-corrected chi connectivity index (χ2v) is 6.98. The van der Waals surface area contributed by atoms with E-state index in [4.69, 9.17) is 9.47 Å². The summed E-state index contributed by atoms with van der Waals surface area (Å²) in [4.78, 5) is 24.4. The number of phenols is 2. The van der Waals surface area contributed by atoms with Crippen LogP contribution in [-0.2, 0) is 9.47 Å². The minimum Gasteiger partial charge on any atom is -0.504 e. The van der Waals surface area contributed by atoms with Gasteiger partial charge in [-0.3, -0.25) is 0 Å². The molecule has 0 unspecified atom stereocenters. The van der Waals surface area contributed by atoms with Gasteiger partial charge in [0.25, 0.3) is 0 Å². The summed E-state index contributed by atoms with van der Waals surface area (Å²) in [6.07, 6.45) is 0. The number of phenolic OH excluding ortho intramolecular Hbond substituents is 2. The second kappa shape index (κ2) is 6.06. The van der Waals surface area contributed by atoms with Gasteiger partial charge in [-0.05, 0) is 47.6 Å². The summed E-state index contributed by atoms with van der Waals surface area (Å²) in [6, 6.07) is 0.770. The molecule has 0 spiro atoms. The molecule has 0 amide bonds. The highest BCUT2D eigenvalue weighted by Gasteiger charge is 2.32. The van der Waals surface area contributed by atoms with E-state index in [9.17, 15) is 24.2 Å². The van der Waals surface area contributed by atoms with Crippen LogP contribution < -0.4 is 0 Å². The fourth-order valence-corrected chi connectivity index (χ4v) is 1.65. The van der Waals surface area contributed by atoms with E-state index < -0.39 is 51.6 Å². The van der Waals surface area contributed by atoms with Crippen LogP contribution in [0.2, 0.25) is 0 Å². The van der Waals surface area contributed by atoms with Gasteiger partial charge in [0.1, 0.15) is 16.8 Å². The number of esters is 2. The lowest BCUT2D eigenvalue weighted by Crippen LogP contribution is -2.28. The van der Waals surface area contributed by atoms with Gasteiger partial charge in [0, 0.05) is 0 Å². The monoisotopic (exact) mass is 328 g/mol. The standard InChI is InChI=1S/C16H21FO6/c1-15(2,3)22-13(20)8-7-9(18)12(19)11(17)10(8)14(21)23-16(4,5)6/h7,18-19H,1-6H3. The topological polar surface area (TPSA) is 93.1 Å². The lowest BCUT2D eigenvalue weighted by molar-refractivity contribution is 0.00134. The van der Waals surface area contributed by atoms with Crippen LogP contribution in [0.1, 0.15) is 62.3 Å². The van der Waals surface area contributed by atoms with Crippen LogP contribution in [0.25, 0.3) is 0 Å². The number of hydrogen-bond donors (Lipinski definition) is 2. The van der Waals surface area contributed by atoms with E-state index in [-0.39, 0.29) is 0 Å². The SMILES string of the molecule is CC(C)(C)OC(=O)c1cc(O)c(O)c(F)c1C(=O)OC(C)(C)C. The zero-order valence-corrected chi connectivity index (χ0v) is 14.0. The Labute approximate surface area is 133 Å². The smallest absolute Gasteiger partial charge is 0.342 e. The van der Waals surface area contributed by atoms with Crippen molar-refractivity contribution in [2.45, 2.75) is 52.7 Å². The zero-order chi connectivity index (χ0) is 18.2. The van der Waals surface area contributed by atoms with Crippen molar-refractivity contribution in [3.05, 3.63) is 23.0 Å². The summed E-state index contributed by atoms with van der Waals surface area (Å²) >= 11 is 0. The first-order valence-corrected chi connectivity index (χ1v) is 6.94. The van der Waals surface area contributed by atoms with Gasteiger partial charge in [0.2, 0.25) is 0 Å². The zero-order valence-electron chi connectivity index (χ0n) is 14.0. The summed E-state index contributed by atoms with van der Waals surface area (Å²) in [5.41, 5.74) is -3.15. The Bertz CT molecular complexity index is 637. The molecule has 0 aliphatic heterocycles. The third-order valence-corrected chi connectivity index (χ3v) is 2.44. The van der Waals surface area contributed by atoms with Crippen molar-refractivity contribution in [2.75, 3.05) is 0 Å². The molecule has 0 radical (unpaired) electrons. The molecular formula is C16H21FO6. The Kier molecular flexibility index (Phi) is 4.94. The third kappa shape index (κ3) is 4.84. The van der Waals surface area contributed by atoms with Crippen LogP contribution in [-0.4, -0.2) is 33.4 Å². The van der Waals surface area contributed by atoms with Crippen molar-refractivity contribution in [1.82, 2.24) is 0 Å². The Morgan fingerprint density at radius 1 is 0.957 bits per heavy atom. The average Bonchev–Trinajstić information content (AvgIpc) is 2.30. The van der Waals surface area contributed by atoms with Crippen molar-refractivity contribution >= 4 is 11.9 Å². The maximum Gasteiger partial charge on any atom is 0.342 e. The molecule has 0 bridgehead atoms. The van der Waals surface area contributed by atoms with E-state index in [0.29, 0.717) is 0 Å². The molecule has 0 saturated carbocycles. The number of rotatable bonds is 2. The third-order valence-electron chi connectivity index (χ3n) is 2.44. The van der Waals surface area contributed by atoms with Gasteiger partial charge in [-0.25, -0.2) is 14.0 Å². The molecule has 0 heterocycles. The van der Waals surface area contributed by atoms with Crippen LogP contribution in [0.4, 0.5) is 4.39 Å². The molecule has 1 rings (SSSR count). The van der Waals surface area contributed by atoms with Crippen LogP contribution in [0, 0.1) is 5.82 Å². The Morgan fingerprint density at radius 2 is 1.39 bits per heavy atom. The molecule has 0 fully saturated rings. The quantitative estimate of drug-likeness (QED) is 0.640. The van der Waals surface area contributed by atoms with E-state index in [1.807, 2.05) is 0 Å². The van der Waals surface area contributed by atoms with E-state index in [0.717, 1.165) is 6.07 Å². The second-order valence-electron chi connectivity index (χ2n) is 6.98. The fraction of sp³-hybridized carbons (Fsp3) is 0.500. The summed E-state index contributed by atoms with van der Waals surface area (Å²) in [5.74, 6) is -5.63. The van der Waals surface area contributed by atoms with Crippen molar-refractivity contribution in [3.8, 4) is 11.5 Å². The van der Waals surface area contributed by atoms with Gasteiger partial charge < -0.3 is 19.7 Å². The molecule has 6 nitrogen and oxygen atoms in total. The lowest BCUT2D eigenvalue weighted by atomic mass is 10.0. The fourth-order valence-electron chi connectivity index (χ4n) is 1.65. The summed E-state index contributed by atoms with van der Waals surface area (Å²) in [5, 5.41) is 19.0. The number of ether oxygens (including phenoxy) is 2. The first-order valence-electron chi connectivity index (χ1n) is 6.94. The molecule has 0 saturated heterocycles.